The van der Waals surface area contributed by atoms with Crippen LogP contribution in [-0.2, 0) is 16.1 Å². The van der Waals surface area contributed by atoms with Crippen molar-refractivity contribution in [3.8, 4) is 17.2 Å². The second-order valence-electron chi connectivity index (χ2n) is 8.35. The van der Waals surface area contributed by atoms with Crippen molar-refractivity contribution in [2.24, 2.45) is 5.92 Å². The maximum Gasteiger partial charge on any atom is 0.261 e. The van der Waals surface area contributed by atoms with Gasteiger partial charge in [0.25, 0.3) is 5.91 Å². The van der Waals surface area contributed by atoms with Gasteiger partial charge in [-0.3, -0.25) is 9.59 Å². The van der Waals surface area contributed by atoms with Crippen molar-refractivity contribution in [1.82, 2.24) is 10.2 Å². The van der Waals surface area contributed by atoms with E-state index >= 15 is 0 Å². The summed E-state index contributed by atoms with van der Waals surface area (Å²) < 4.78 is 16.3. The Bertz CT molecular complexity index is 906. The molecule has 7 heteroatoms. The third kappa shape index (κ3) is 7.70. The van der Waals surface area contributed by atoms with E-state index in [1.165, 1.54) is 0 Å². The lowest BCUT2D eigenvalue weighted by Gasteiger charge is -2.31. The molecule has 0 bridgehead atoms. The van der Waals surface area contributed by atoms with Crippen molar-refractivity contribution in [2.75, 3.05) is 27.4 Å². The van der Waals surface area contributed by atoms with E-state index < -0.39 is 6.04 Å². The lowest BCUT2D eigenvalue weighted by molar-refractivity contribution is -0.143. The van der Waals surface area contributed by atoms with Crippen LogP contribution in [0.3, 0.4) is 0 Å². The summed E-state index contributed by atoms with van der Waals surface area (Å²) in [7, 11) is 3.10. The highest BCUT2D eigenvalue weighted by molar-refractivity contribution is 5.88. The highest BCUT2D eigenvalue weighted by Crippen LogP contribution is 2.27. The second kappa shape index (κ2) is 12.7. The number of methoxy groups -OCH3 is 2. The molecule has 0 radical (unpaired) electrons. The first-order valence-corrected chi connectivity index (χ1v) is 11.3. The fourth-order valence-electron chi connectivity index (χ4n) is 3.41. The third-order valence-electron chi connectivity index (χ3n) is 5.36. The number of carbonyl (C=O) groups excluding carboxylic acids is 2. The second-order valence-corrected chi connectivity index (χ2v) is 8.35. The number of amides is 2. The molecule has 2 aromatic carbocycles. The van der Waals surface area contributed by atoms with Crippen LogP contribution in [0.25, 0.3) is 0 Å². The van der Waals surface area contributed by atoms with Crippen LogP contribution in [0.5, 0.6) is 17.2 Å². The van der Waals surface area contributed by atoms with E-state index in [-0.39, 0.29) is 18.4 Å². The van der Waals surface area contributed by atoms with Crippen molar-refractivity contribution in [2.45, 2.75) is 46.7 Å². The minimum atomic E-state index is -0.598. The molecule has 0 aliphatic rings. The molecule has 0 saturated carbocycles. The predicted molar refractivity (Wildman–Crippen MR) is 129 cm³/mol. The molecular weight excluding hydrogens is 420 g/mol. The average molecular weight is 457 g/mol. The molecule has 7 nitrogen and oxygen atoms in total. The summed E-state index contributed by atoms with van der Waals surface area (Å²) in [5, 5.41) is 2.97. The summed E-state index contributed by atoms with van der Waals surface area (Å²) in [6, 6.07) is 12.4. The van der Waals surface area contributed by atoms with Crippen molar-refractivity contribution in [3.63, 3.8) is 0 Å². The van der Waals surface area contributed by atoms with Gasteiger partial charge in [-0.2, -0.15) is 0 Å². The number of benzene rings is 2. The molecule has 180 valence electrons. The van der Waals surface area contributed by atoms with Crippen LogP contribution < -0.4 is 19.5 Å². The quantitative estimate of drug-likeness (QED) is 0.523. The van der Waals surface area contributed by atoms with Gasteiger partial charge < -0.3 is 24.4 Å². The zero-order valence-corrected chi connectivity index (χ0v) is 20.5. The molecule has 0 spiro atoms. The number of hydrogen-bond acceptors (Lipinski definition) is 5. The molecule has 1 unspecified atom stereocenters. The normalized spacial score (nSPS) is 11.6. The van der Waals surface area contributed by atoms with E-state index in [0.29, 0.717) is 42.7 Å². The van der Waals surface area contributed by atoms with Crippen molar-refractivity contribution in [1.29, 1.82) is 0 Å². The Morgan fingerprint density at radius 3 is 2.15 bits per heavy atom. The van der Waals surface area contributed by atoms with Crippen molar-refractivity contribution in [3.05, 3.63) is 53.6 Å². The van der Waals surface area contributed by atoms with Crippen molar-refractivity contribution < 1.29 is 23.8 Å². The Morgan fingerprint density at radius 1 is 1.00 bits per heavy atom. The number of aryl methyl sites for hydroxylation is 1. The molecule has 2 rings (SSSR count). The molecule has 2 amide bonds. The SMILES string of the molecule is CCC(C(=O)NCC(C)C)N(Cc1ccccc1C)C(=O)COc1cc(OC)cc(OC)c1. The first-order chi connectivity index (χ1) is 15.8. The number of ether oxygens (including phenoxy) is 3. The summed E-state index contributed by atoms with van der Waals surface area (Å²) in [6.45, 7) is 8.64. The largest absolute Gasteiger partial charge is 0.496 e. The van der Waals surface area contributed by atoms with E-state index in [4.69, 9.17) is 14.2 Å². The van der Waals surface area contributed by atoms with E-state index in [2.05, 4.69) is 5.32 Å². The Hall–Kier alpha value is -3.22. The maximum atomic E-state index is 13.3. The topological polar surface area (TPSA) is 77.1 Å². The Balaban J connectivity index is 2.25. The zero-order valence-electron chi connectivity index (χ0n) is 20.5. The lowest BCUT2D eigenvalue weighted by atomic mass is 10.1. The van der Waals surface area contributed by atoms with E-state index in [1.54, 1.807) is 37.3 Å². The summed E-state index contributed by atoms with van der Waals surface area (Å²) in [4.78, 5) is 27.9. The van der Waals surface area contributed by atoms with Crippen LogP contribution >= 0.6 is 0 Å². The van der Waals surface area contributed by atoms with Gasteiger partial charge in [-0.25, -0.2) is 0 Å². The molecular formula is C26H36N2O5. The number of rotatable bonds is 12. The first kappa shape index (κ1) is 26.0. The third-order valence-corrected chi connectivity index (χ3v) is 5.36. The van der Waals surface area contributed by atoms with Gasteiger partial charge >= 0.3 is 0 Å². The van der Waals surface area contributed by atoms with Gasteiger partial charge in [0.2, 0.25) is 5.91 Å². The molecule has 0 aromatic heterocycles. The van der Waals surface area contributed by atoms with Crippen molar-refractivity contribution >= 4 is 11.8 Å². The van der Waals surface area contributed by atoms with Crippen LogP contribution in [0.15, 0.2) is 42.5 Å². The number of nitrogens with one attached hydrogen (secondary N) is 1. The predicted octanol–water partition coefficient (Wildman–Crippen LogP) is 3.97. The van der Waals surface area contributed by atoms with Gasteiger partial charge in [-0.15, -0.1) is 0 Å². The van der Waals surface area contributed by atoms with Crippen LogP contribution in [0.1, 0.15) is 38.3 Å². The highest BCUT2D eigenvalue weighted by Gasteiger charge is 2.29. The number of hydrogen-bond donors (Lipinski definition) is 1. The van der Waals surface area contributed by atoms with Crippen LogP contribution in [0.2, 0.25) is 0 Å². The maximum absolute atomic E-state index is 13.3. The van der Waals surface area contributed by atoms with Gasteiger partial charge in [-0.05, 0) is 30.4 Å². The van der Waals surface area contributed by atoms with Crippen LogP contribution in [0, 0.1) is 12.8 Å². The van der Waals surface area contributed by atoms with Gasteiger partial charge in [0, 0.05) is 31.3 Å². The van der Waals surface area contributed by atoms with Gasteiger partial charge in [0.05, 0.1) is 14.2 Å². The minimum absolute atomic E-state index is 0.156. The molecule has 0 aliphatic heterocycles. The molecule has 0 fully saturated rings. The summed E-state index contributed by atoms with van der Waals surface area (Å²) in [6.07, 6.45) is 0.495. The number of nitrogens with zero attached hydrogens (tertiary/aromatic N) is 1. The van der Waals surface area contributed by atoms with Crippen LogP contribution in [0.4, 0.5) is 0 Å². The summed E-state index contributed by atoms with van der Waals surface area (Å²) in [5.74, 6) is 1.47. The Morgan fingerprint density at radius 2 is 1.61 bits per heavy atom. The Labute approximate surface area is 197 Å². The molecule has 2 aromatic rings. The highest BCUT2D eigenvalue weighted by atomic mass is 16.5. The zero-order chi connectivity index (χ0) is 24.4. The molecule has 0 saturated heterocycles. The fourth-order valence-corrected chi connectivity index (χ4v) is 3.41. The van der Waals surface area contributed by atoms with E-state index in [1.807, 2.05) is 52.0 Å². The van der Waals surface area contributed by atoms with Crippen LogP contribution in [-0.4, -0.2) is 50.1 Å². The summed E-state index contributed by atoms with van der Waals surface area (Å²) >= 11 is 0. The fraction of sp³-hybridized carbons (Fsp3) is 0.462. The molecule has 1 atom stereocenters. The standard InChI is InChI=1S/C26H36N2O5/c1-7-24(26(30)27-15-18(2)3)28(16-20-11-9-8-10-19(20)4)25(29)17-33-23-13-21(31-5)12-22(14-23)32-6/h8-14,18,24H,7,15-17H2,1-6H3,(H,27,30). The van der Waals surface area contributed by atoms with Gasteiger partial charge in [0.1, 0.15) is 23.3 Å². The molecule has 33 heavy (non-hydrogen) atoms. The van der Waals surface area contributed by atoms with E-state index in [0.717, 1.165) is 11.1 Å². The molecule has 1 N–H and O–H groups in total. The lowest BCUT2D eigenvalue weighted by Crippen LogP contribution is -2.50. The first-order valence-electron chi connectivity index (χ1n) is 11.3. The molecule has 0 heterocycles. The van der Waals surface area contributed by atoms with E-state index in [9.17, 15) is 9.59 Å². The Kier molecular flexibility index (Phi) is 10.0. The average Bonchev–Trinajstić information content (AvgIpc) is 2.81. The smallest absolute Gasteiger partial charge is 0.261 e. The minimum Gasteiger partial charge on any atom is -0.496 e. The number of carbonyl (C=O) groups is 2. The van der Waals surface area contributed by atoms with Gasteiger partial charge in [0.15, 0.2) is 6.61 Å². The molecule has 0 aliphatic carbocycles. The van der Waals surface area contributed by atoms with Gasteiger partial charge in [-0.1, -0.05) is 45.0 Å². The summed E-state index contributed by atoms with van der Waals surface area (Å²) in [5.41, 5.74) is 2.05. The monoisotopic (exact) mass is 456 g/mol.